The molecule has 0 saturated carbocycles. The second-order valence-corrected chi connectivity index (χ2v) is 7.42. The van der Waals surface area contributed by atoms with Gasteiger partial charge in [-0.3, -0.25) is 0 Å². The van der Waals surface area contributed by atoms with Crippen LogP contribution in [0.15, 0.2) is 47.4 Å². The summed E-state index contributed by atoms with van der Waals surface area (Å²) in [5, 5.41) is 2.40. The summed E-state index contributed by atoms with van der Waals surface area (Å²) >= 11 is 1.58. The molecule has 2 nitrogen and oxygen atoms in total. The van der Waals surface area contributed by atoms with E-state index in [1.54, 1.807) is 11.8 Å². The van der Waals surface area contributed by atoms with Gasteiger partial charge in [0.1, 0.15) is 9.84 Å². The molecule has 0 aromatic heterocycles. The van der Waals surface area contributed by atoms with Crippen molar-refractivity contribution in [3.63, 3.8) is 0 Å². The van der Waals surface area contributed by atoms with Crippen LogP contribution in [-0.2, 0) is 9.84 Å². The zero-order chi connectivity index (χ0) is 12.3. The van der Waals surface area contributed by atoms with E-state index in [2.05, 4.69) is 24.3 Å². The molecular weight excluding hydrogens is 252 g/mol. The number of hydrogen-bond acceptors (Lipinski definition) is 3. The minimum Gasteiger partial charge on any atom is -0.229 e. The Morgan fingerprint density at radius 2 is 1.76 bits per heavy atom. The molecule has 0 amide bonds. The summed E-state index contributed by atoms with van der Waals surface area (Å²) in [5.74, 6) is 0.835. The zero-order valence-corrected chi connectivity index (χ0v) is 11.2. The summed E-state index contributed by atoms with van der Waals surface area (Å²) in [7, 11) is -2.86. The molecule has 0 aliphatic carbocycles. The summed E-state index contributed by atoms with van der Waals surface area (Å²) in [6.45, 7) is 0. The van der Waals surface area contributed by atoms with Gasteiger partial charge < -0.3 is 0 Å². The lowest BCUT2D eigenvalue weighted by molar-refractivity contribution is 0.603. The van der Waals surface area contributed by atoms with Gasteiger partial charge >= 0.3 is 0 Å². The van der Waals surface area contributed by atoms with E-state index < -0.39 is 9.84 Å². The van der Waals surface area contributed by atoms with Crippen molar-refractivity contribution in [3.8, 4) is 0 Å². The molecule has 4 heteroatoms. The summed E-state index contributed by atoms with van der Waals surface area (Å²) < 4.78 is 22.0. The monoisotopic (exact) mass is 266 g/mol. The average Bonchev–Trinajstić information content (AvgIpc) is 2.27. The first-order valence-corrected chi connectivity index (χ1v) is 8.38. The Balaban J connectivity index is 2.09. The molecule has 0 bridgehead atoms. The van der Waals surface area contributed by atoms with Gasteiger partial charge in [-0.1, -0.05) is 30.3 Å². The predicted molar refractivity (Wildman–Crippen MR) is 74.4 cm³/mol. The lowest BCUT2D eigenvalue weighted by atomic mass is 10.1. The Bertz CT molecular complexity index is 618. The van der Waals surface area contributed by atoms with Crippen molar-refractivity contribution in [2.24, 2.45) is 0 Å². The highest BCUT2D eigenvalue weighted by Crippen LogP contribution is 2.23. The zero-order valence-electron chi connectivity index (χ0n) is 9.59. The first-order chi connectivity index (χ1) is 8.04. The smallest absolute Gasteiger partial charge is 0.148 e. The molecule has 2 aromatic carbocycles. The van der Waals surface area contributed by atoms with Crippen LogP contribution in [0.1, 0.15) is 0 Å². The maximum atomic E-state index is 11.0. The van der Waals surface area contributed by atoms with E-state index in [1.807, 2.05) is 18.2 Å². The number of benzene rings is 2. The molecule has 2 aromatic rings. The topological polar surface area (TPSA) is 34.1 Å². The third-order valence-electron chi connectivity index (χ3n) is 2.44. The Labute approximate surface area is 106 Å². The number of fused-ring (bicyclic) bond motifs is 1. The van der Waals surface area contributed by atoms with Crippen LogP contribution in [0.5, 0.6) is 0 Å². The average molecular weight is 266 g/mol. The van der Waals surface area contributed by atoms with E-state index >= 15 is 0 Å². The van der Waals surface area contributed by atoms with Crippen molar-refractivity contribution in [1.82, 2.24) is 0 Å². The molecule has 90 valence electrons. The van der Waals surface area contributed by atoms with Crippen LogP contribution >= 0.6 is 11.8 Å². The van der Waals surface area contributed by atoms with Crippen molar-refractivity contribution >= 4 is 32.4 Å². The SMILES string of the molecule is CS(=O)(=O)CCSc1ccc2ccccc2c1. The molecule has 0 atom stereocenters. The van der Waals surface area contributed by atoms with E-state index in [0.29, 0.717) is 5.75 Å². The van der Waals surface area contributed by atoms with Gasteiger partial charge in [-0.25, -0.2) is 8.42 Å². The summed E-state index contributed by atoms with van der Waals surface area (Å²) in [4.78, 5) is 1.12. The number of sulfone groups is 1. The highest BCUT2D eigenvalue weighted by Gasteiger charge is 2.03. The number of thioether (sulfide) groups is 1. The molecule has 0 saturated heterocycles. The van der Waals surface area contributed by atoms with E-state index in [1.165, 1.54) is 17.0 Å². The van der Waals surface area contributed by atoms with Crippen LogP contribution in [0.3, 0.4) is 0 Å². The maximum absolute atomic E-state index is 11.0. The van der Waals surface area contributed by atoms with Gasteiger partial charge in [0.15, 0.2) is 0 Å². The Kier molecular flexibility index (Phi) is 3.74. The second-order valence-electron chi connectivity index (χ2n) is 3.99. The van der Waals surface area contributed by atoms with Crippen LogP contribution in [0, 0.1) is 0 Å². The van der Waals surface area contributed by atoms with Crippen molar-refractivity contribution < 1.29 is 8.42 Å². The van der Waals surface area contributed by atoms with E-state index in [9.17, 15) is 8.42 Å². The lowest BCUT2D eigenvalue weighted by Crippen LogP contribution is -2.04. The van der Waals surface area contributed by atoms with Gasteiger partial charge in [-0.05, 0) is 22.9 Å². The van der Waals surface area contributed by atoms with E-state index in [4.69, 9.17) is 0 Å². The first-order valence-electron chi connectivity index (χ1n) is 5.34. The quantitative estimate of drug-likeness (QED) is 0.798. The lowest BCUT2D eigenvalue weighted by Gasteiger charge is -2.03. The normalized spacial score (nSPS) is 11.8. The minimum absolute atomic E-state index is 0.227. The summed E-state index contributed by atoms with van der Waals surface area (Å²) in [5.41, 5.74) is 0. The van der Waals surface area contributed by atoms with Crippen LogP contribution in [-0.4, -0.2) is 26.2 Å². The fraction of sp³-hybridized carbons (Fsp3) is 0.231. The molecule has 0 aliphatic heterocycles. The van der Waals surface area contributed by atoms with Gasteiger partial charge in [-0.2, -0.15) is 0 Å². The van der Waals surface area contributed by atoms with Gasteiger partial charge in [0.25, 0.3) is 0 Å². The van der Waals surface area contributed by atoms with Gasteiger partial charge in [0.05, 0.1) is 5.75 Å². The molecule has 0 fully saturated rings. The fourth-order valence-corrected chi connectivity index (χ4v) is 3.72. The standard InChI is InChI=1S/C13H14O2S2/c1-17(14,15)9-8-16-13-7-6-11-4-2-3-5-12(11)10-13/h2-7,10H,8-9H2,1H3. The van der Waals surface area contributed by atoms with Crippen molar-refractivity contribution in [2.75, 3.05) is 17.8 Å². The van der Waals surface area contributed by atoms with Crippen molar-refractivity contribution in [2.45, 2.75) is 4.90 Å². The highest BCUT2D eigenvalue weighted by molar-refractivity contribution is 8.00. The summed E-state index contributed by atoms with van der Waals surface area (Å²) in [6, 6.07) is 14.4. The maximum Gasteiger partial charge on any atom is 0.148 e. The van der Waals surface area contributed by atoms with Crippen LogP contribution < -0.4 is 0 Å². The van der Waals surface area contributed by atoms with Gasteiger partial charge in [-0.15, -0.1) is 11.8 Å². The first kappa shape index (κ1) is 12.5. The van der Waals surface area contributed by atoms with E-state index in [-0.39, 0.29) is 5.75 Å². The second kappa shape index (κ2) is 5.10. The van der Waals surface area contributed by atoms with Crippen molar-refractivity contribution in [3.05, 3.63) is 42.5 Å². The molecule has 0 unspecified atom stereocenters. The minimum atomic E-state index is -2.86. The molecule has 0 N–H and O–H groups in total. The summed E-state index contributed by atoms with van der Waals surface area (Å²) in [6.07, 6.45) is 1.27. The number of hydrogen-bond donors (Lipinski definition) is 0. The Morgan fingerprint density at radius 1 is 1.06 bits per heavy atom. The van der Waals surface area contributed by atoms with Gasteiger partial charge in [0, 0.05) is 16.9 Å². The molecule has 2 rings (SSSR count). The molecule has 0 heterocycles. The molecule has 0 spiro atoms. The van der Waals surface area contributed by atoms with Gasteiger partial charge in [0.2, 0.25) is 0 Å². The number of rotatable bonds is 4. The predicted octanol–water partition coefficient (Wildman–Crippen LogP) is 2.98. The molecule has 0 aliphatic rings. The molecule has 0 radical (unpaired) electrons. The van der Waals surface area contributed by atoms with Crippen LogP contribution in [0.2, 0.25) is 0 Å². The van der Waals surface area contributed by atoms with Crippen LogP contribution in [0.25, 0.3) is 10.8 Å². The third kappa shape index (κ3) is 3.75. The van der Waals surface area contributed by atoms with E-state index in [0.717, 1.165) is 4.90 Å². The van der Waals surface area contributed by atoms with Crippen LogP contribution in [0.4, 0.5) is 0 Å². The Morgan fingerprint density at radius 3 is 2.47 bits per heavy atom. The molecule has 17 heavy (non-hydrogen) atoms. The Hall–Kier alpha value is -1.00. The largest absolute Gasteiger partial charge is 0.229 e. The molecular formula is C13H14O2S2. The van der Waals surface area contributed by atoms with Crippen molar-refractivity contribution in [1.29, 1.82) is 0 Å². The highest BCUT2D eigenvalue weighted by atomic mass is 32.2. The fourth-order valence-electron chi connectivity index (χ4n) is 1.57. The third-order valence-corrected chi connectivity index (χ3v) is 4.64.